The molecule has 15 heavy (non-hydrogen) atoms. The normalized spacial score (nSPS) is 12.3. The van der Waals surface area contributed by atoms with Crippen LogP contribution in [0.5, 0.6) is 0 Å². The molecule has 1 aromatic carbocycles. The Kier molecular flexibility index (Phi) is 2.25. The largest absolute Gasteiger partial charge is 0.248 e. The lowest BCUT2D eigenvalue weighted by Crippen LogP contribution is -2.08. The van der Waals surface area contributed by atoms with Gasteiger partial charge in [0.2, 0.25) is 0 Å². The summed E-state index contributed by atoms with van der Waals surface area (Å²) in [5, 5.41) is 8.12. The van der Waals surface area contributed by atoms with Crippen LogP contribution in [0.1, 0.15) is 26.3 Å². The Morgan fingerprint density at radius 2 is 2.00 bits per heavy atom. The molecule has 1 aromatic heterocycles. The lowest BCUT2D eigenvalue weighted by molar-refractivity contribution is 0.411. The number of benzene rings is 1. The second-order valence-corrected chi connectivity index (χ2v) is 5.27. The molecule has 1 heterocycles. The first-order chi connectivity index (χ1) is 6.96. The maximum absolute atomic E-state index is 4.12. The average Bonchev–Trinajstić information content (AvgIpc) is 2.45. The van der Waals surface area contributed by atoms with E-state index in [9.17, 15) is 0 Å². The van der Waals surface area contributed by atoms with Crippen molar-refractivity contribution >= 4 is 11.0 Å². The smallest absolute Gasteiger partial charge is 0.113 e. The SMILES string of the molecule is Cn1nnc2cc(CC(C)(C)C)ccc21. The second kappa shape index (κ2) is 3.33. The summed E-state index contributed by atoms with van der Waals surface area (Å²) < 4.78 is 1.80. The third kappa shape index (κ3) is 2.17. The molecule has 3 heteroatoms. The molecule has 80 valence electrons. The zero-order valence-corrected chi connectivity index (χ0v) is 9.78. The molecular formula is C12H17N3. The van der Waals surface area contributed by atoms with Gasteiger partial charge >= 0.3 is 0 Å². The van der Waals surface area contributed by atoms with E-state index in [0.717, 1.165) is 17.5 Å². The van der Waals surface area contributed by atoms with Crippen LogP contribution in [0, 0.1) is 5.41 Å². The Hall–Kier alpha value is -1.38. The van der Waals surface area contributed by atoms with E-state index in [0.29, 0.717) is 5.41 Å². The summed E-state index contributed by atoms with van der Waals surface area (Å²) in [6.07, 6.45) is 1.07. The van der Waals surface area contributed by atoms with Crippen molar-refractivity contribution in [1.29, 1.82) is 0 Å². The van der Waals surface area contributed by atoms with Gasteiger partial charge in [0.15, 0.2) is 0 Å². The van der Waals surface area contributed by atoms with E-state index in [1.54, 1.807) is 4.68 Å². The van der Waals surface area contributed by atoms with Gasteiger partial charge in [-0.05, 0) is 29.5 Å². The number of nitrogens with zero attached hydrogens (tertiary/aromatic N) is 3. The van der Waals surface area contributed by atoms with Gasteiger partial charge in [-0.25, -0.2) is 4.68 Å². The highest BCUT2D eigenvalue weighted by Crippen LogP contribution is 2.22. The van der Waals surface area contributed by atoms with Crippen molar-refractivity contribution in [3.8, 4) is 0 Å². The quantitative estimate of drug-likeness (QED) is 0.713. The van der Waals surface area contributed by atoms with Gasteiger partial charge in [-0.15, -0.1) is 5.10 Å². The lowest BCUT2D eigenvalue weighted by atomic mass is 9.88. The fraction of sp³-hybridized carbons (Fsp3) is 0.500. The molecule has 2 aromatic rings. The maximum atomic E-state index is 4.12. The molecule has 2 rings (SSSR count). The Bertz CT molecular complexity index is 477. The first kappa shape index (κ1) is 10.1. The van der Waals surface area contributed by atoms with Crippen LogP contribution in [0.3, 0.4) is 0 Å². The van der Waals surface area contributed by atoms with Crippen LogP contribution in [0.2, 0.25) is 0 Å². The van der Waals surface area contributed by atoms with Gasteiger partial charge in [0.05, 0.1) is 5.52 Å². The number of aryl methyl sites for hydroxylation is 1. The third-order valence-electron chi connectivity index (χ3n) is 2.41. The highest BCUT2D eigenvalue weighted by atomic mass is 15.4. The molecule has 0 N–H and O–H groups in total. The Balaban J connectivity index is 2.39. The summed E-state index contributed by atoms with van der Waals surface area (Å²) in [4.78, 5) is 0. The van der Waals surface area contributed by atoms with E-state index in [4.69, 9.17) is 0 Å². The number of rotatable bonds is 1. The van der Waals surface area contributed by atoms with Crippen LogP contribution >= 0.6 is 0 Å². The van der Waals surface area contributed by atoms with Crippen molar-refractivity contribution in [2.75, 3.05) is 0 Å². The molecule has 0 aliphatic heterocycles. The zero-order chi connectivity index (χ0) is 11.1. The average molecular weight is 203 g/mol. The summed E-state index contributed by atoms with van der Waals surface area (Å²) in [6.45, 7) is 6.73. The number of fused-ring (bicyclic) bond motifs is 1. The van der Waals surface area contributed by atoms with Crippen LogP contribution in [-0.2, 0) is 13.5 Å². The van der Waals surface area contributed by atoms with Gasteiger partial charge < -0.3 is 0 Å². The molecule has 0 fully saturated rings. The zero-order valence-electron chi connectivity index (χ0n) is 9.78. The van der Waals surface area contributed by atoms with Crippen LogP contribution in [0.25, 0.3) is 11.0 Å². The summed E-state index contributed by atoms with van der Waals surface area (Å²) in [6, 6.07) is 6.39. The van der Waals surface area contributed by atoms with Crippen molar-refractivity contribution in [2.45, 2.75) is 27.2 Å². The van der Waals surface area contributed by atoms with Crippen LogP contribution < -0.4 is 0 Å². The molecule has 0 unspecified atom stereocenters. The highest BCUT2D eigenvalue weighted by molar-refractivity contribution is 5.74. The van der Waals surface area contributed by atoms with Gasteiger partial charge in [-0.1, -0.05) is 32.1 Å². The summed E-state index contributed by atoms with van der Waals surface area (Å²) in [5.74, 6) is 0. The third-order valence-corrected chi connectivity index (χ3v) is 2.41. The highest BCUT2D eigenvalue weighted by Gasteiger charge is 2.12. The van der Waals surface area contributed by atoms with Crippen molar-refractivity contribution in [3.63, 3.8) is 0 Å². The van der Waals surface area contributed by atoms with Crippen molar-refractivity contribution in [2.24, 2.45) is 12.5 Å². The van der Waals surface area contributed by atoms with E-state index in [-0.39, 0.29) is 0 Å². The molecule has 0 radical (unpaired) electrons. The molecule has 0 atom stereocenters. The van der Waals surface area contributed by atoms with E-state index in [1.807, 2.05) is 7.05 Å². The predicted molar refractivity (Wildman–Crippen MR) is 61.7 cm³/mol. The fourth-order valence-corrected chi connectivity index (χ4v) is 1.81. The summed E-state index contributed by atoms with van der Waals surface area (Å²) in [7, 11) is 1.92. The molecule has 3 nitrogen and oxygen atoms in total. The minimum Gasteiger partial charge on any atom is -0.248 e. The Morgan fingerprint density at radius 3 is 2.67 bits per heavy atom. The van der Waals surface area contributed by atoms with Crippen molar-refractivity contribution in [1.82, 2.24) is 15.0 Å². The van der Waals surface area contributed by atoms with E-state index < -0.39 is 0 Å². The molecule has 0 saturated carbocycles. The van der Waals surface area contributed by atoms with Gasteiger partial charge in [0.25, 0.3) is 0 Å². The first-order valence-electron chi connectivity index (χ1n) is 5.24. The molecule has 0 aliphatic rings. The Labute approximate surface area is 90.1 Å². The van der Waals surface area contributed by atoms with Crippen molar-refractivity contribution in [3.05, 3.63) is 23.8 Å². The van der Waals surface area contributed by atoms with Gasteiger partial charge in [-0.3, -0.25) is 0 Å². The number of aromatic nitrogens is 3. The molecule has 0 bridgehead atoms. The first-order valence-corrected chi connectivity index (χ1v) is 5.24. The standard InChI is InChI=1S/C12H17N3/c1-12(2,3)8-9-5-6-11-10(7-9)13-14-15(11)4/h5-7H,8H2,1-4H3. The minimum atomic E-state index is 0.315. The van der Waals surface area contributed by atoms with Gasteiger partial charge in [0, 0.05) is 7.05 Å². The van der Waals surface area contributed by atoms with Crippen LogP contribution in [-0.4, -0.2) is 15.0 Å². The maximum Gasteiger partial charge on any atom is 0.113 e. The van der Waals surface area contributed by atoms with Crippen molar-refractivity contribution < 1.29 is 0 Å². The summed E-state index contributed by atoms with van der Waals surface area (Å²) in [5.41, 5.74) is 3.72. The molecule has 0 aliphatic carbocycles. The Morgan fingerprint density at radius 1 is 1.27 bits per heavy atom. The van der Waals surface area contributed by atoms with E-state index in [2.05, 4.69) is 49.3 Å². The minimum absolute atomic E-state index is 0.315. The summed E-state index contributed by atoms with van der Waals surface area (Å²) >= 11 is 0. The van der Waals surface area contributed by atoms with Crippen LogP contribution in [0.4, 0.5) is 0 Å². The lowest BCUT2D eigenvalue weighted by Gasteiger charge is -2.17. The molecule has 0 spiro atoms. The molecular weight excluding hydrogens is 186 g/mol. The number of hydrogen-bond donors (Lipinski definition) is 0. The van der Waals surface area contributed by atoms with Gasteiger partial charge in [0.1, 0.15) is 5.52 Å². The second-order valence-electron chi connectivity index (χ2n) is 5.27. The molecule has 0 amide bonds. The topological polar surface area (TPSA) is 30.7 Å². The fourth-order valence-electron chi connectivity index (χ4n) is 1.81. The van der Waals surface area contributed by atoms with Gasteiger partial charge in [-0.2, -0.15) is 0 Å². The monoisotopic (exact) mass is 203 g/mol. The predicted octanol–water partition coefficient (Wildman–Crippen LogP) is 2.56. The molecule has 0 saturated heterocycles. The van der Waals surface area contributed by atoms with Crippen LogP contribution in [0.15, 0.2) is 18.2 Å². The number of hydrogen-bond acceptors (Lipinski definition) is 2. The van der Waals surface area contributed by atoms with E-state index in [1.165, 1.54) is 5.56 Å². The van der Waals surface area contributed by atoms with E-state index >= 15 is 0 Å².